The van der Waals surface area contributed by atoms with E-state index >= 15 is 0 Å². The van der Waals surface area contributed by atoms with Crippen molar-refractivity contribution in [3.05, 3.63) is 34.2 Å². The number of imidazole rings is 1. The molecule has 0 atom stereocenters. The van der Waals surface area contributed by atoms with Crippen LogP contribution in [-0.2, 0) is 6.54 Å². The van der Waals surface area contributed by atoms with Crippen LogP contribution in [0.4, 0.5) is 0 Å². The van der Waals surface area contributed by atoms with Crippen LogP contribution in [-0.4, -0.2) is 22.1 Å². The predicted octanol–water partition coefficient (Wildman–Crippen LogP) is 5.33. The largest absolute Gasteiger partial charge is 0.326 e. The van der Waals surface area contributed by atoms with Crippen molar-refractivity contribution in [2.45, 2.75) is 96.1 Å². The first-order valence-corrected chi connectivity index (χ1v) is 11.7. The lowest BCUT2D eigenvalue weighted by atomic mass is 9.81. The first-order valence-electron chi connectivity index (χ1n) is 11.7. The van der Waals surface area contributed by atoms with E-state index in [-0.39, 0.29) is 5.69 Å². The topological polar surface area (TPSA) is 49.8 Å². The maximum Gasteiger partial charge on any atom is 0.326 e. The van der Waals surface area contributed by atoms with Crippen LogP contribution in [0.3, 0.4) is 0 Å². The summed E-state index contributed by atoms with van der Waals surface area (Å²) in [5.41, 5.74) is 3.44. The fourth-order valence-corrected chi connectivity index (χ4v) is 5.46. The van der Waals surface area contributed by atoms with Crippen molar-refractivity contribution in [2.24, 2.45) is 5.92 Å². The van der Waals surface area contributed by atoms with E-state index in [0.29, 0.717) is 12.0 Å². The van der Waals surface area contributed by atoms with Crippen LogP contribution in [0.1, 0.15) is 89.0 Å². The highest BCUT2D eigenvalue weighted by molar-refractivity contribution is 5.76. The van der Waals surface area contributed by atoms with Crippen LogP contribution in [0.15, 0.2) is 23.0 Å². The molecule has 4 rings (SSSR count). The summed E-state index contributed by atoms with van der Waals surface area (Å²) in [7, 11) is 0. The van der Waals surface area contributed by atoms with Crippen molar-refractivity contribution in [1.29, 1.82) is 0 Å². The lowest BCUT2D eigenvalue weighted by Crippen LogP contribution is -2.36. The third-order valence-electron chi connectivity index (χ3n) is 7.23. The summed E-state index contributed by atoms with van der Waals surface area (Å²) in [6, 6.07) is 7.29. The number of aryl methyl sites for hydroxylation is 1. The van der Waals surface area contributed by atoms with Gasteiger partial charge in [-0.1, -0.05) is 38.2 Å². The minimum Gasteiger partial charge on any atom is -0.314 e. The first-order chi connectivity index (χ1) is 13.7. The molecule has 2 aliphatic rings. The maximum absolute atomic E-state index is 12.0. The summed E-state index contributed by atoms with van der Waals surface area (Å²) < 4.78 is 1.81. The van der Waals surface area contributed by atoms with Crippen LogP contribution in [0.25, 0.3) is 11.0 Å². The highest BCUT2D eigenvalue weighted by Crippen LogP contribution is 2.34. The van der Waals surface area contributed by atoms with Gasteiger partial charge >= 0.3 is 5.69 Å². The molecule has 4 nitrogen and oxygen atoms in total. The van der Waals surface area contributed by atoms with Gasteiger partial charge in [-0.2, -0.15) is 0 Å². The second-order valence-electron chi connectivity index (χ2n) is 9.12. The molecule has 0 saturated heterocycles. The van der Waals surface area contributed by atoms with Crippen LogP contribution < -0.4 is 11.0 Å². The number of benzene rings is 1. The molecule has 1 heterocycles. The number of nitrogens with one attached hydrogen (secondary N) is 2. The van der Waals surface area contributed by atoms with Crippen molar-refractivity contribution >= 4 is 11.0 Å². The predicted molar refractivity (Wildman–Crippen MR) is 117 cm³/mol. The van der Waals surface area contributed by atoms with Crippen molar-refractivity contribution in [3.63, 3.8) is 0 Å². The van der Waals surface area contributed by atoms with Gasteiger partial charge in [0, 0.05) is 12.6 Å². The smallest absolute Gasteiger partial charge is 0.314 e. The SMILES string of the molecule is CCn1c(=O)[nH]c2cc(C3CCC(NCC4CCCCCCC4)CC3)ccc21. The Bertz CT molecular complexity index is 805. The van der Waals surface area contributed by atoms with Gasteiger partial charge in [-0.05, 0) is 81.5 Å². The minimum atomic E-state index is 0.0109. The van der Waals surface area contributed by atoms with E-state index in [1.54, 1.807) is 0 Å². The van der Waals surface area contributed by atoms with E-state index in [4.69, 9.17) is 0 Å². The van der Waals surface area contributed by atoms with E-state index in [9.17, 15) is 4.79 Å². The molecule has 0 amide bonds. The van der Waals surface area contributed by atoms with Gasteiger partial charge < -0.3 is 10.3 Å². The normalized spacial score (nSPS) is 24.9. The van der Waals surface area contributed by atoms with Gasteiger partial charge in [0.1, 0.15) is 0 Å². The third kappa shape index (κ3) is 4.53. The van der Waals surface area contributed by atoms with Crippen LogP contribution in [0.5, 0.6) is 0 Å². The van der Waals surface area contributed by atoms with Crippen molar-refractivity contribution in [1.82, 2.24) is 14.9 Å². The van der Waals surface area contributed by atoms with Gasteiger partial charge in [0.05, 0.1) is 11.0 Å². The van der Waals surface area contributed by atoms with E-state index < -0.39 is 0 Å². The summed E-state index contributed by atoms with van der Waals surface area (Å²) in [6.45, 7) is 3.97. The van der Waals surface area contributed by atoms with Gasteiger partial charge in [-0.25, -0.2) is 4.79 Å². The lowest BCUT2D eigenvalue weighted by Gasteiger charge is -2.31. The molecule has 154 valence electrons. The summed E-state index contributed by atoms with van der Waals surface area (Å²) in [5.74, 6) is 1.54. The summed E-state index contributed by atoms with van der Waals surface area (Å²) in [6.07, 6.45) is 15.1. The highest BCUT2D eigenvalue weighted by Gasteiger charge is 2.23. The molecule has 2 fully saturated rings. The Kier molecular flexibility index (Phi) is 6.56. The average molecular weight is 384 g/mol. The maximum atomic E-state index is 12.0. The van der Waals surface area contributed by atoms with Gasteiger partial charge in [0.25, 0.3) is 0 Å². The number of fused-ring (bicyclic) bond motifs is 1. The molecule has 4 heteroatoms. The first kappa shape index (κ1) is 19.8. The van der Waals surface area contributed by atoms with Crippen LogP contribution >= 0.6 is 0 Å². The molecule has 28 heavy (non-hydrogen) atoms. The number of aromatic amines is 1. The number of nitrogens with zero attached hydrogens (tertiary/aromatic N) is 1. The molecule has 1 aromatic carbocycles. The standard InChI is InChI=1S/C24H37N3O/c1-2-27-23-15-12-20(16-22(23)26-24(27)28)19-10-13-21(14-11-19)25-17-18-8-6-4-3-5-7-9-18/h12,15-16,18-19,21,25H,2-11,13-14,17H2,1H3,(H,26,28). The molecule has 0 radical (unpaired) electrons. The quantitative estimate of drug-likeness (QED) is 0.733. The molecule has 1 aromatic heterocycles. The van der Waals surface area contributed by atoms with E-state index in [1.807, 2.05) is 11.5 Å². The van der Waals surface area contributed by atoms with Gasteiger partial charge in [0.2, 0.25) is 0 Å². The zero-order chi connectivity index (χ0) is 19.3. The number of hydrogen-bond donors (Lipinski definition) is 2. The Hall–Kier alpha value is -1.55. The molecule has 0 bridgehead atoms. The van der Waals surface area contributed by atoms with Crippen LogP contribution in [0, 0.1) is 5.92 Å². The molecule has 2 N–H and O–H groups in total. The van der Waals surface area contributed by atoms with Gasteiger partial charge in [0.15, 0.2) is 0 Å². The van der Waals surface area contributed by atoms with Crippen LogP contribution in [0.2, 0.25) is 0 Å². The zero-order valence-corrected chi connectivity index (χ0v) is 17.5. The Morgan fingerprint density at radius 2 is 1.71 bits per heavy atom. The number of rotatable bonds is 5. The van der Waals surface area contributed by atoms with Crippen molar-refractivity contribution < 1.29 is 0 Å². The second kappa shape index (κ2) is 9.30. The van der Waals surface area contributed by atoms with E-state index in [2.05, 4.69) is 28.5 Å². The van der Waals surface area contributed by atoms with Crippen molar-refractivity contribution in [2.75, 3.05) is 6.54 Å². The van der Waals surface area contributed by atoms with E-state index in [0.717, 1.165) is 23.5 Å². The Morgan fingerprint density at radius 1 is 1.00 bits per heavy atom. The third-order valence-corrected chi connectivity index (χ3v) is 7.23. The summed E-state index contributed by atoms with van der Waals surface area (Å²) in [4.78, 5) is 15.1. The Morgan fingerprint density at radius 3 is 2.43 bits per heavy atom. The molecular formula is C24H37N3O. The number of aromatic nitrogens is 2. The Labute approximate surface area is 169 Å². The lowest BCUT2D eigenvalue weighted by molar-refractivity contribution is 0.299. The number of hydrogen-bond acceptors (Lipinski definition) is 2. The monoisotopic (exact) mass is 383 g/mol. The van der Waals surface area contributed by atoms with E-state index in [1.165, 1.54) is 82.7 Å². The molecule has 2 aliphatic carbocycles. The average Bonchev–Trinajstić information content (AvgIpc) is 3.01. The zero-order valence-electron chi connectivity index (χ0n) is 17.5. The summed E-state index contributed by atoms with van der Waals surface area (Å²) in [5, 5.41) is 3.91. The molecule has 0 unspecified atom stereocenters. The summed E-state index contributed by atoms with van der Waals surface area (Å²) >= 11 is 0. The fraction of sp³-hybridized carbons (Fsp3) is 0.708. The molecule has 0 spiro atoms. The molecule has 0 aliphatic heterocycles. The Balaban J connectivity index is 1.30. The van der Waals surface area contributed by atoms with Crippen molar-refractivity contribution in [3.8, 4) is 0 Å². The molecular weight excluding hydrogens is 346 g/mol. The number of H-pyrrole nitrogens is 1. The van der Waals surface area contributed by atoms with Gasteiger partial charge in [-0.3, -0.25) is 4.57 Å². The molecule has 2 aromatic rings. The van der Waals surface area contributed by atoms with Gasteiger partial charge in [-0.15, -0.1) is 0 Å². The fourth-order valence-electron chi connectivity index (χ4n) is 5.46. The second-order valence-corrected chi connectivity index (χ2v) is 9.12. The minimum absolute atomic E-state index is 0.0109. The highest BCUT2D eigenvalue weighted by atomic mass is 16.1. The molecule has 2 saturated carbocycles.